The van der Waals surface area contributed by atoms with Gasteiger partial charge in [0.25, 0.3) is 0 Å². The molecule has 0 unspecified atom stereocenters. The van der Waals surface area contributed by atoms with E-state index in [1.54, 1.807) is 104 Å². The Kier molecular flexibility index (Phi) is 14.5. The fraction of sp³-hybridized carbons (Fsp3) is 0.375. The average molecular weight is 596 g/mol. The molecule has 0 N–H and O–H groups in total. The molecular weight excluding hydrogens is 560 g/mol. The molecule has 9 heteroatoms. The van der Waals surface area contributed by atoms with Crippen molar-refractivity contribution in [2.75, 3.05) is 13.2 Å². The SMILES string of the molecule is CC(C)(C)C(=O)C1=C([O-])c2ccccc2C1=O.CC(C)(C)C(=O)C1=C([O-])c2ccccc2C1=O.CC[O-].CC[O-].[Ti]. The van der Waals surface area contributed by atoms with Crippen molar-refractivity contribution in [1.82, 2.24) is 0 Å². The second-order valence-corrected chi connectivity index (χ2v) is 10.9. The Bertz CT molecular complexity index is 1230. The van der Waals surface area contributed by atoms with Crippen LogP contribution in [0.25, 0.3) is 11.5 Å². The predicted molar refractivity (Wildman–Crippen MR) is 145 cm³/mol. The van der Waals surface area contributed by atoms with Gasteiger partial charge in [-0.1, -0.05) is 115 Å². The van der Waals surface area contributed by atoms with Gasteiger partial charge >= 0.3 is 0 Å². The molecule has 41 heavy (non-hydrogen) atoms. The smallest absolute Gasteiger partial charge is 0.196 e. The quantitative estimate of drug-likeness (QED) is 0.375. The van der Waals surface area contributed by atoms with Crippen LogP contribution in [-0.2, 0) is 31.3 Å². The molecule has 2 aromatic rings. The van der Waals surface area contributed by atoms with Crippen LogP contribution in [0.1, 0.15) is 87.2 Å². The molecule has 0 atom stereocenters. The number of benzene rings is 2. The summed E-state index contributed by atoms with van der Waals surface area (Å²) in [5.74, 6) is -2.53. The van der Waals surface area contributed by atoms with Crippen LogP contribution in [0.5, 0.6) is 0 Å². The third-order valence-corrected chi connectivity index (χ3v) is 5.56. The number of rotatable bonds is 2. The molecule has 220 valence electrons. The van der Waals surface area contributed by atoms with Gasteiger partial charge in [-0.25, -0.2) is 0 Å². The maximum atomic E-state index is 12.1. The summed E-state index contributed by atoms with van der Waals surface area (Å²) in [6.07, 6.45) is 0. The second-order valence-electron chi connectivity index (χ2n) is 10.9. The zero-order valence-corrected chi connectivity index (χ0v) is 26.4. The Labute approximate surface area is 256 Å². The van der Waals surface area contributed by atoms with E-state index in [4.69, 9.17) is 10.2 Å². The number of hydrogen-bond acceptors (Lipinski definition) is 8. The molecule has 0 bridgehead atoms. The number of carbonyl (C=O) groups excluding carboxylic acids is 4. The van der Waals surface area contributed by atoms with Crippen LogP contribution in [-0.4, -0.2) is 36.3 Å². The number of fused-ring (bicyclic) bond motifs is 2. The molecule has 0 heterocycles. The van der Waals surface area contributed by atoms with E-state index in [9.17, 15) is 29.4 Å². The standard InChI is InChI=1S/2C14H14O3.2C2H5O.Ti/c2*1-14(2,3)13(17)10-11(15)8-6-4-5-7-9(8)12(10)16;2*1-2-3;/h2*4-7,15H,1-3H3;2*2H2,1H3;/q;;2*-1;/p-2. The van der Waals surface area contributed by atoms with Crippen LogP contribution >= 0.6 is 0 Å². The van der Waals surface area contributed by atoms with Gasteiger partial charge in [-0.05, 0) is 11.1 Å². The average Bonchev–Trinajstić information content (AvgIpc) is 3.28. The van der Waals surface area contributed by atoms with Gasteiger partial charge in [0.2, 0.25) is 0 Å². The summed E-state index contributed by atoms with van der Waals surface area (Å²) in [7, 11) is 0. The van der Waals surface area contributed by atoms with E-state index in [0.29, 0.717) is 22.3 Å². The summed E-state index contributed by atoms with van der Waals surface area (Å²) in [6.45, 7) is 13.3. The summed E-state index contributed by atoms with van der Waals surface area (Å²) < 4.78 is 0. The van der Waals surface area contributed by atoms with Crippen LogP contribution < -0.4 is 20.4 Å². The summed E-state index contributed by atoms with van der Waals surface area (Å²) in [5.41, 5.74) is -0.478. The summed E-state index contributed by atoms with van der Waals surface area (Å²) in [4.78, 5) is 48.2. The summed E-state index contributed by atoms with van der Waals surface area (Å²) in [6, 6.07) is 13.1. The zero-order chi connectivity index (χ0) is 31.0. The first-order chi connectivity index (χ1) is 18.5. The van der Waals surface area contributed by atoms with Gasteiger partial charge in [0.05, 0.1) is 11.1 Å². The van der Waals surface area contributed by atoms with Gasteiger partial charge in [-0.15, -0.1) is 13.2 Å². The van der Waals surface area contributed by atoms with Crippen molar-refractivity contribution in [3.05, 3.63) is 81.9 Å². The monoisotopic (exact) mass is 596 g/mol. The maximum Gasteiger partial charge on any atom is 0.196 e. The molecular formula is C32H36O8Ti-4. The van der Waals surface area contributed by atoms with Crippen molar-refractivity contribution in [3.63, 3.8) is 0 Å². The Morgan fingerprint density at radius 3 is 1.00 bits per heavy atom. The second kappa shape index (κ2) is 15.7. The first kappa shape index (κ1) is 37.8. The van der Waals surface area contributed by atoms with Crippen LogP contribution in [0.3, 0.4) is 0 Å². The van der Waals surface area contributed by atoms with Gasteiger partial charge in [-0.3, -0.25) is 19.2 Å². The van der Waals surface area contributed by atoms with Crippen LogP contribution in [0.4, 0.5) is 0 Å². The van der Waals surface area contributed by atoms with Gasteiger partial charge in [0.15, 0.2) is 23.1 Å². The van der Waals surface area contributed by atoms with Gasteiger partial charge in [0.1, 0.15) is 0 Å². The van der Waals surface area contributed by atoms with E-state index in [2.05, 4.69) is 0 Å². The van der Waals surface area contributed by atoms with Crippen molar-refractivity contribution < 1.29 is 61.3 Å². The minimum Gasteiger partial charge on any atom is -0.871 e. The molecule has 0 saturated carbocycles. The molecule has 0 fully saturated rings. The van der Waals surface area contributed by atoms with Crippen molar-refractivity contribution >= 4 is 34.7 Å². The minimum absolute atomic E-state index is 0. The van der Waals surface area contributed by atoms with Crippen molar-refractivity contribution in [2.24, 2.45) is 10.8 Å². The van der Waals surface area contributed by atoms with Crippen molar-refractivity contribution in [3.8, 4) is 0 Å². The number of allylic oxidation sites excluding steroid dienone is 2. The Morgan fingerprint density at radius 1 is 0.585 bits per heavy atom. The molecule has 8 nitrogen and oxygen atoms in total. The third kappa shape index (κ3) is 8.91. The van der Waals surface area contributed by atoms with Crippen molar-refractivity contribution in [1.29, 1.82) is 0 Å². The van der Waals surface area contributed by atoms with E-state index in [-0.39, 0.29) is 57.6 Å². The zero-order valence-electron chi connectivity index (χ0n) is 24.8. The predicted octanol–water partition coefficient (Wildman–Crippen LogP) is 1.87. The number of hydrogen-bond donors (Lipinski definition) is 0. The van der Waals surface area contributed by atoms with E-state index in [1.807, 2.05) is 0 Å². The van der Waals surface area contributed by atoms with Crippen LogP contribution in [0.2, 0.25) is 0 Å². The van der Waals surface area contributed by atoms with Gasteiger partial charge in [-0.2, -0.15) is 0 Å². The molecule has 0 amide bonds. The number of carbonyl (C=O) groups is 4. The Hall–Kier alpha value is -3.17. The molecule has 0 saturated heterocycles. The topological polar surface area (TPSA) is 161 Å². The van der Waals surface area contributed by atoms with Crippen LogP contribution in [0.15, 0.2) is 59.7 Å². The minimum atomic E-state index is -0.720. The molecule has 2 aliphatic carbocycles. The maximum absolute atomic E-state index is 12.1. The molecule has 0 aromatic heterocycles. The van der Waals surface area contributed by atoms with Gasteiger partial charge < -0.3 is 20.4 Å². The molecule has 2 aromatic carbocycles. The molecule has 4 rings (SSSR count). The fourth-order valence-electron chi connectivity index (χ4n) is 3.67. The Morgan fingerprint density at radius 2 is 0.805 bits per heavy atom. The Balaban J connectivity index is 0.000000642. The summed E-state index contributed by atoms with van der Waals surface area (Å²) >= 11 is 0. The largest absolute Gasteiger partial charge is 0.871 e. The molecule has 0 aliphatic heterocycles. The first-order valence-electron chi connectivity index (χ1n) is 12.9. The van der Waals surface area contributed by atoms with E-state index in [0.717, 1.165) is 0 Å². The fourth-order valence-corrected chi connectivity index (χ4v) is 3.67. The number of ketones is 4. The van der Waals surface area contributed by atoms with Crippen molar-refractivity contribution in [2.45, 2.75) is 55.4 Å². The number of Topliss-reactive ketones (excluding diaryl/α,β-unsaturated/α-hetero) is 4. The third-order valence-electron chi connectivity index (χ3n) is 5.56. The van der Waals surface area contributed by atoms with E-state index in [1.165, 1.54) is 0 Å². The molecule has 0 radical (unpaired) electrons. The normalized spacial score (nSPS) is 13.4. The van der Waals surface area contributed by atoms with Gasteiger partial charge in [0, 0.05) is 43.7 Å². The van der Waals surface area contributed by atoms with E-state index < -0.39 is 33.9 Å². The molecule has 0 spiro atoms. The summed E-state index contributed by atoms with van der Waals surface area (Å²) in [5, 5.41) is 41.9. The molecule has 2 aliphatic rings. The van der Waals surface area contributed by atoms with Crippen LogP contribution in [0, 0.1) is 10.8 Å². The van der Waals surface area contributed by atoms with E-state index >= 15 is 0 Å². The first-order valence-corrected chi connectivity index (χ1v) is 12.9.